The second kappa shape index (κ2) is 11.7. The number of carbonyl (C=O) groups excluding carboxylic acids is 1. The van der Waals surface area contributed by atoms with Crippen LogP contribution in [-0.4, -0.2) is 66.8 Å². The number of hydrogen-bond donors (Lipinski definition) is 4. The Hall–Kier alpha value is -2.97. The number of hydrogen-bond acceptors (Lipinski definition) is 7. The molecule has 222 valence electrons. The third kappa shape index (κ3) is 6.75. The molecule has 2 fully saturated rings. The number of carboxylic acid groups (broad SMARTS) is 1. The third-order valence-electron chi connectivity index (χ3n) is 8.39. The Morgan fingerprint density at radius 1 is 1.02 bits per heavy atom. The van der Waals surface area contributed by atoms with Crippen LogP contribution < -0.4 is 15.8 Å². The summed E-state index contributed by atoms with van der Waals surface area (Å²) in [6.07, 6.45) is 1.37. The number of aliphatic carboxylic acids is 1. The first-order valence-corrected chi connectivity index (χ1v) is 15.1. The highest BCUT2D eigenvalue weighted by molar-refractivity contribution is 7.87. The summed E-state index contributed by atoms with van der Waals surface area (Å²) in [6, 6.07) is 16.8. The fourth-order valence-electron chi connectivity index (χ4n) is 5.27. The van der Waals surface area contributed by atoms with Crippen molar-refractivity contribution in [1.29, 1.82) is 0 Å². The SMILES string of the molecule is CC1(C)OB(CCC[C@H]2CN(S(=O)(=O)NC(=O)NC(c3ccccc3)c3ccccc3)C[C@@]2(N)C(=O)O)OC1(C)C. The molecule has 2 amide bonds. The molecule has 41 heavy (non-hydrogen) atoms. The van der Waals surface area contributed by atoms with Crippen LogP contribution in [-0.2, 0) is 24.3 Å². The highest BCUT2D eigenvalue weighted by Gasteiger charge is 2.54. The summed E-state index contributed by atoms with van der Waals surface area (Å²) in [5.74, 6) is -1.98. The average Bonchev–Trinajstić information content (AvgIpc) is 3.36. The van der Waals surface area contributed by atoms with E-state index in [2.05, 4.69) is 5.32 Å². The van der Waals surface area contributed by atoms with Crippen molar-refractivity contribution in [1.82, 2.24) is 14.3 Å². The van der Waals surface area contributed by atoms with Gasteiger partial charge in [-0.2, -0.15) is 12.7 Å². The van der Waals surface area contributed by atoms with Crippen LogP contribution >= 0.6 is 0 Å². The first-order valence-electron chi connectivity index (χ1n) is 13.7. The zero-order chi connectivity index (χ0) is 30.1. The van der Waals surface area contributed by atoms with E-state index in [1.165, 1.54) is 0 Å². The van der Waals surface area contributed by atoms with Crippen LogP contribution in [0.2, 0.25) is 6.32 Å². The summed E-state index contributed by atoms with van der Waals surface area (Å²) in [5, 5.41) is 12.7. The van der Waals surface area contributed by atoms with E-state index in [1.807, 2.05) is 93.1 Å². The standard InChI is InChI=1S/C28H39BN4O7S/c1-26(2)27(3,4)40-29(39-26)17-11-16-22-18-33(19-28(22,30)24(34)35)41(37,38)32-25(36)31-23(20-12-7-5-8-13-20)21-14-9-6-10-15-21/h5-10,12-15,22-23H,11,16-19,30H2,1-4H3,(H,34,35)(H2,31,32,36)/t22-,28-/m0/s1. The molecule has 0 unspecified atom stereocenters. The van der Waals surface area contributed by atoms with Gasteiger partial charge in [0.25, 0.3) is 0 Å². The van der Waals surface area contributed by atoms with E-state index in [-0.39, 0.29) is 6.54 Å². The van der Waals surface area contributed by atoms with Crippen molar-refractivity contribution >= 4 is 29.3 Å². The molecule has 2 aromatic rings. The van der Waals surface area contributed by atoms with Crippen LogP contribution in [0.5, 0.6) is 0 Å². The monoisotopic (exact) mass is 586 g/mol. The third-order valence-corrected chi connectivity index (χ3v) is 9.79. The quantitative estimate of drug-likeness (QED) is 0.309. The molecule has 0 aromatic heterocycles. The molecule has 2 atom stereocenters. The summed E-state index contributed by atoms with van der Waals surface area (Å²) in [5.41, 5.74) is 5.03. The molecule has 2 saturated heterocycles. The van der Waals surface area contributed by atoms with Crippen molar-refractivity contribution in [2.75, 3.05) is 13.1 Å². The van der Waals surface area contributed by atoms with Crippen LogP contribution in [0.15, 0.2) is 60.7 Å². The molecule has 0 radical (unpaired) electrons. The zero-order valence-electron chi connectivity index (χ0n) is 23.9. The minimum absolute atomic E-state index is 0.143. The number of carbonyl (C=O) groups is 2. The van der Waals surface area contributed by atoms with Crippen LogP contribution in [0.25, 0.3) is 0 Å². The lowest BCUT2D eigenvalue weighted by Gasteiger charge is -2.32. The van der Waals surface area contributed by atoms with Gasteiger partial charge in [-0.15, -0.1) is 0 Å². The Morgan fingerprint density at radius 3 is 2.02 bits per heavy atom. The molecule has 2 aromatic carbocycles. The minimum atomic E-state index is -4.40. The van der Waals surface area contributed by atoms with Crippen molar-refractivity contribution in [3.8, 4) is 0 Å². The molecular weight excluding hydrogens is 547 g/mol. The van der Waals surface area contributed by atoms with Gasteiger partial charge in [0.15, 0.2) is 0 Å². The van der Waals surface area contributed by atoms with Gasteiger partial charge in [0.1, 0.15) is 5.54 Å². The maximum Gasteiger partial charge on any atom is 0.457 e. The van der Waals surface area contributed by atoms with Gasteiger partial charge >= 0.3 is 29.3 Å². The molecule has 0 spiro atoms. The van der Waals surface area contributed by atoms with E-state index < -0.39 is 64.6 Å². The van der Waals surface area contributed by atoms with Gasteiger partial charge in [0.2, 0.25) is 0 Å². The molecule has 0 saturated carbocycles. The van der Waals surface area contributed by atoms with Gasteiger partial charge in [-0.05, 0) is 51.6 Å². The predicted molar refractivity (Wildman–Crippen MR) is 155 cm³/mol. The largest absolute Gasteiger partial charge is 0.480 e. The van der Waals surface area contributed by atoms with Gasteiger partial charge in [-0.1, -0.05) is 67.1 Å². The molecule has 2 heterocycles. The zero-order valence-corrected chi connectivity index (χ0v) is 24.7. The normalized spacial score (nSPS) is 24.0. The Labute approximate surface area is 242 Å². The number of nitrogens with two attached hydrogens (primary N) is 1. The summed E-state index contributed by atoms with van der Waals surface area (Å²) >= 11 is 0. The van der Waals surface area contributed by atoms with E-state index in [0.717, 1.165) is 15.4 Å². The number of nitrogens with one attached hydrogen (secondary N) is 2. The van der Waals surface area contributed by atoms with Crippen LogP contribution in [0.3, 0.4) is 0 Å². The Bertz CT molecular complexity index is 1290. The van der Waals surface area contributed by atoms with Gasteiger partial charge in [0.05, 0.1) is 17.2 Å². The fraction of sp³-hybridized carbons (Fsp3) is 0.500. The van der Waals surface area contributed by atoms with E-state index in [0.29, 0.717) is 19.2 Å². The van der Waals surface area contributed by atoms with E-state index in [4.69, 9.17) is 15.0 Å². The van der Waals surface area contributed by atoms with Crippen molar-refractivity contribution < 1.29 is 32.4 Å². The highest BCUT2D eigenvalue weighted by Crippen LogP contribution is 2.39. The van der Waals surface area contributed by atoms with Gasteiger partial charge < -0.3 is 25.5 Å². The van der Waals surface area contributed by atoms with Crippen molar-refractivity contribution in [2.45, 2.75) is 69.6 Å². The van der Waals surface area contributed by atoms with Crippen molar-refractivity contribution in [3.05, 3.63) is 71.8 Å². The molecule has 5 N–H and O–H groups in total. The lowest BCUT2D eigenvalue weighted by atomic mass is 9.78. The van der Waals surface area contributed by atoms with E-state index >= 15 is 0 Å². The minimum Gasteiger partial charge on any atom is -0.480 e. The molecule has 4 rings (SSSR count). The number of amides is 2. The van der Waals surface area contributed by atoms with E-state index in [1.54, 1.807) is 0 Å². The Kier molecular flexibility index (Phi) is 8.86. The van der Waals surface area contributed by atoms with E-state index in [9.17, 15) is 23.1 Å². The van der Waals surface area contributed by atoms with Crippen LogP contribution in [0.1, 0.15) is 57.7 Å². The number of rotatable bonds is 10. The molecule has 2 aliphatic heterocycles. The molecule has 13 heteroatoms. The van der Waals surface area contributed by atoms with Gasteiger partial charge in [0, 0.05) is 19.0 Å². The predicted octanol–water partition coefficient (Wildman–Crippen LogP) is 2.91. The van der Waals surface area contributed by atoms with Crippen LogP contribution in [0, 0.1) is 5.92 Å². The summed E-state index contributed by atoms with van der Waals surface area (Å²) in [6.45, 7) is 7.20. The number of urea groups is 1. The first-order chi connectivity index (χ1) is 19.1. The van der Waals surface area contributed by atoms with Crippen molar-refractivity contribution in [2.24, 2.45) is 11.7 Å². The van der Waals surface area contributed by atoms with Crippen LogP contribution in [0.4, 0.5) is 4.79 Å². The number of carboxylic acids is 1. The summed E-state index contributed by atoms with van der Waals surface area (Å²) in [7, 11) is -4.85. The first kappa shape index (κ1) is 31.0. The highest BCUT2D eigenvalue weighted by atomic mass is 32.2. The average molecular weight is 587 g/mol. The van der Waals surface area contributed by atoms with Gasteiger partial charge in [-0.3, -0.25) is 4.79 Å². The molecule has 0 aliphatic carbocycles. The number of benzene rings is 2. The van der Waals surface area contributed by atoms with Gasteiger partial charge in [-0.25, -0.2) is 9.52 Å². The molecule has 0 bridgehead atoms. The van der Waals surface area contributed by atoms with Crippen molar-refractivity contribution in [3.63, 3.8) is 0 Å². The molecule has 2 aliphatic rings. The maximum absolute atomic E-state index is 13.2. The summed E-state index contributed by atoms with van der Waals surface area (Å²) in [4.78, 5) is 25.2. The number of nitrogens with zero attached hydrogens (tertiary/aromatic N) is 1. The Balaban J connectivity index is 1.41. The summed E-state index contributed by atoms with van der Waals surface area (Å²) < 4.78 is 41.5. The maximum atomic E-state index is 13.2. The Morgan fingerprint density at radius 2 is 1.54 bits per heavy atom. The lowest BCUT2D eigenvalue weighted by Crippen LogP contribution is -2.55. The smallest absolute Gasteiger partial charge is 0.457 e. The molecular formula is C28H39BN4O7S. The fourth-order valence-corrected chi connectivity index (χ4v) is 6.46. The second-order valence-electron chi connectivity index (χ2n) is 11.8. The lowest BCUT2D eigenvalue weighted by molar-refractivity contribution is -0.144. The second-order valence-corrected chi connectivity index (χ2v) is 13.5. The molecule has 11 nitrogen and oxygen atoms in total. The topological polar surface area (TPSA) is 160 Å².